The number of amides is 1. The van der Waals surface area contributed by atoms with E-state index in [2.05, 4.69) is 36.2 Å². The molecule has 1 heterocycles. The Morgan fingerprint density at radius 3 is 2.31 bits per heavy atom. The summed E-state index contributed by atoms with van der Waals surface area (Å²) < 4.78 is 0. The van der Waals surface area contributed by atoms with Gasteiger partial charge in [-0.25, -0.2) is 0 Å². The summed E-state index contributed by atoms with van der Waals surface area (Å²) in [6, 6.07) is 16.4. The lowest BCUT2D eigenvalue weighted by Gasteiger charge is -2.38. The molecule has 4 nitrogen and oxygen atoms in total. The van der Waals surface area contributed by atoms with Gasteiger partial charge in [-0.1, -0.05) is 24.3 Å². The highest BCUT2D eigenvalue weighted by Crippen LogP contribution is 2.23. The number of para-hydroxylation sites is 1. The Balaban J connectivity index is 0.00000169. The second-order valence-electron chi connectivity index (χ2n) is 6.54. The lowest BCUT2D eigenvalue weighted by atomic mass is 10.0. The van der Waals surface area contributed by atoms with Crippen LogP contribution in [0.3, 0.4) is 0 Å². The van der Waals surface area contributed by atoms with Gasteiger partial charge in [-0.05, 0) is 49.6 Å². The number of nitrogens with two attached hydrogens (primary N) is 1. The van der Waals surface area contributed by atoms with Crippen molar-refractivity contribution in [1.29, 1.82) is 0 Å². The summed E-state index contributed by atoms with van der Waals surface area (Å²) in [6.45, 7) is 3.53. The molecule has 0 atom stereocenters. The molecule has 2 N–H and O–H groups in total. The Hall–Kier alpha value is -1.91. The average molecular weight is 396 g/mol. The van der Waals surface area contributed by atoms with Gasteiger partial charge in [0.15, 0.2) is 0 Å². The quantitative estimate of drug-likeness (QED) is 0.793. The van der Waals surface area contributed by atoms with Gasteiger partial charge in [0.2, 0.25) is 0 Å². The van der Waals surface area contributed by atoms with E-state index in [0.717, 1.165) is 37.1 Å². The minimum atomic E-state index is 0. The third kappa shape index (κ3) is 4.83. The van der Waals surface area contributed by atoms with E-state index >= 15 is 0 Å². The van der Waals surface area contributed by atoms with Crippen molar-refractivity contribution in [2.45, 2.75) is 25.8 Å². The number of hydrogen-bond acceptors (Lipinski definition) is 3. The van der Waals surface area contributed by atoms with Crippen LogP contribution in [0.25, 0.3) is 0 Å². The Labute approximate surface area is 168 Å². The first kappa shape index (κ1) is 22.1. The van der Waals surface area contributed by atoms with E-state index in [9.17, 15) is 4.79 Å². The number of anilines is 2. The Kier molecular flexibility index (Phi) is 8.25. The van der Waals surface area contributed by atoms with Gasteiger partial charge in [-0.3, -0.25) is 4.79 Å². The van der Waals surface area contributed by atoms with Gasteiger partial charge in [-0.15, -0.1) is 24.8 Å². The van der Waals surface area contributed by atoms with Crippen molar-refractivity contribution in [1.82, 2.24) is 4.90 Å². The number of rotatable bonds is 3. The van der Waals surface area contributed by atoms with Gasteiger partial charge in [0.1, 0.15) is 0 Å². The topological polar surface area (TPSA) is 49.6 Å². The zero-order chi connectivity index (χ0) is 17.1. The van der Waals surface area contributed by atoms with Crippen molar-refractivity contribution in [3.05, 3.63) is 59.7 Å². The maximum absolute atomic E-state index is 12.8. The SMILES string of the molecule is Cc1ccc(N)cc1C(=O)N1CCC(N(C)c2ccccc2)CC1.Cl.Cl. The van der Waals surface area contributed by atoms with E-state index in [1.165, 1.54) is 5.69 Å². The molecule has 142 valence electrons. The van der Waals surface area contributed by atoms with E-state index in [1.54, 1.807) is 6.07 Å². The number of halogens is 2. The molecule has 0 saturated carbocycles. The van der Waals surface area contributed by atoms with E-state index < -0.39 is 0 Å². The fourth-order valence-electron chi connectivity index (χ4n) is 3.37. The van der Waals surface area contributed by atoms with Gasteiger partial charge in [-0.2, -0.15) is 0 Å². The van der Waals surface area contributed by atoms with Gasteiger partial charge >= 0.3 is 0 Å². The molecule has 0 aliphatic carbocycles. The van der Waals surface area contributed by atoms with Crippen LogP contribution in [0.4, 0.5) is 11.4 Å². The smallest absolute Gasteiger partial charge is 0.254 e. The summed E-state index contributed by atoms with van der Waals surface area (Å²) >= 11 is 0. The van der Waals surface area contributed by atoms with Gasteiger partial charge in [0.25, 0.3) is 5.91 Å². The van der Waals surface area contributed by atoms with Crippen molar-refractivity contribution in [3.63, 3.8) is 0 Å². The van der Waals surface area contributed by atoms with Crippen LogP contribution in [0.15, 0.2) is 48.5 Å². The number of hydrogen-bond donors (Lipinski definition) is 1. The summed E-state index contributed by atoms with van der Waals surface area (Å²) in [5, 5.41) is 0. The third-order valence-electron chi connectivity index (χ3n) is 4.95. The third-order valence-corrected chi connectivity index (χ3v) is 4.95. The lowest BCUT2D eigenvalue weighted by molar-refractivity contribution is 0.0712. The van der Waals surface area contributed by atoms with Crippen LogP contribution in [-0.4, -0.2) is 37.0 Å². The number of nitrogen functional groups attached to an aromatic ring is 1. The molecule has 0 radical (unpaired) electrons. The molecule has 0 spiro atoms. The molecule has 6 heteroatoms. The normalized spacial score (nSPS) is 14.2. The Morgan fingerprint density at radius 2 is 1.69 bits per heavy atom. The first-order chi connectivity index (χ1) is 11.6. The van der Waals surface area contributed by atoms with Crippen molar-refractivity contribution in [3.8, 4) is 0 Å². The highest BCUT2D eigenvalue weighted by molar-refractivity contribution is 5.96. The summed E-state index contributed by atoms with van der Waals surface area (Å²) in [4.78, 5) is 17.1. The molecule has 26 heavy (non-hydrogen) atoms. The minimum absolute atomic E-state index is 0. The Bertz CT molecular complexity index is 716. The van der Waals surface area contributed by atoms with Crippen LogP contribution in [0.1, 0.15) is 28.8 Å². The number of piperidine rings is 1. The molecule has 1 amide bonds. The molecule has 0 unspecified atom stereocenters. The fraction of sp³-hybridized carbons (Fsp3) is 0.350. The van der Waals surface area contributed by atoms with Gasteiger partial charge < -0.3 is 15.5 Å². The average Bonchev–Trinajstić information content (AvgIpc) is 2.63. The fourth-order valence-corrected chi connectivity index (χ4v) is 3.37. The molecule has 3 rings (SSSR count). The molecular weight excluding hydrogens is 369 g/mol. The minimum Gasteiger partial charge on any atom is -0.399 e. The number of aryl methyl sites for hydroxylation is 1. The molecule has 0 bridgehead atoms. The van der Waals surface area contributed by atoms with Crippen LogP contribution in [0.5, 0.6) is 0 Å². The summed E-state index contributed by atoms with van der Waals surface area (Å²) in [7, 11) is 2.14. The molecule has 2 aromatic rings. The maximum atomic E-state index is 12.8. The van der Waals surface area contributed by atoms with E-state index in [1.807, 2.05) is 30.0 Å². The number of carbonyl (C=O) groups excluding carboxylic acids is 1. The molecular formula is C20H27Cl2N3O. The molecule has 0 aromatic heterocycles. The monoisotopic (exact) mass is 395 g/mol. The predicted octanol–water partition coefficient (Wildman–Crippen LogP) is 4.16. The van der Waals surface area contributed by atoms with Crippen molar-refractivity contribution in [2.75, 3.05) is 30.8 Å². The van der Waals surface area contributed by atoms with Crippen molar-refractivity contribution < 1.29 is 4.79 Å². The van der Waals surface area contributed by atoms with Gasteiger partial charge in [0, 0.05) is 43.1 Å². The summed E-state index contributed by atoms with van der Waals surface area (Å²) in [6.07, 6.45) is 1.97. The van der Waals surface area contributed by atoms with E-state index in [-0.39, 0.29) is 30.7 Å². The number of likely N-dealkylation sites (tertiary alicyclic amines) is 1. The standard InChI is InChI=1S/C20H25N3O.2ClH/c1-15-8-9-16(21)14-19(15)20(24)23-12-10-18(11-13-23)22(2)17-6-4-3-5-7-17;;/h3-9,14,18H,10-13,21H2,1-2H3;2*1H. The molecule has 1 aliphatic heterocycles. The lowest BCUT2D eigenvalue weighted by Crippen LogP contribution is -2.45. The first-order valence-electron chi connectivity index (χ1n) is 8.49. The maximum Gasteiger partial charge on any atom is 0.254 e. The van der Waals surface area contributed by atoms with Gasteiger partial charge in [0.05, 0.1) is 0 Å². The Morgan fingerprint density at radius 1 is 1.08 bits per heavy atom. The highest BCUT2D eigenvalue weighted by atomic mass is 35.5. The number of nitrogens with zero attached hydrogens (tertiary/aromatic N) is 2. The highest BCUT2D eigenvalue weighted by Gasteiger charge is 2.26. The van der Waals surface area contributed by atoms with Crippen LogP contribution < -0.4 is 10.6 Å². The van der Waals surface area contributed by atoms with Crippen LogP contribution in [-0.2, 0) is 0 Å². The van der Waals surface area contributed by atoms with Crippen LogP contribution in [0.2, 0.25) is 0 Å². The summed E-state index contributed by atoms with van der Waals surface area (Å²) in [5.41, 5.74) is 9.43. The zero-order valence-electron chi connectivity index (χ0n) is 15.2. The predicted molar refractivity (Wildman–Crippen MR) is 114 cm³/mol. The van der Waals surface area contributed by atoms with Crippen molar-refractivity contribution >= 4 is 42.1 Å². The number of carbonyl (C=O) groups is 1. The molecule has 1 aliphatic rings. The first-order valence-corrected chi connectivity index (χ1v) is 8.49. The largest absolute Gasteiger partial charge is 0.399 e. The zero-order valence-corrected chi connectivity index (χ0v) is 16.9. The van der Waals surface area contributed by atoms with Crippen LogP contribution >= 0.6 is 24.8 Å². The summed E-state index contributed by atoms with van der Waals surface area (Å²) in [5.74, 6) is 0.0978. The molecule has 1 saturated heterocycles. The second-order valence-corrected chi connectivity index (χ2v) is 6.54. The van der Waals surface area contributed by atoms with E-state index in [4.69, 9.17) is 5.73 Å². The van der Waals surface area contributed by atoms with E-state index in [0.29, 0.717) is 11.7 Å². The number of benzene rings is 2. The van der Waals surface area contributed by atoms with Crippen molar-refractivity contribution in [2.24, 2.45) is 0 Å². The molecule has 1 fully saturated rings. The second kappa shape index (κ2) is 9.70. The molecule has 2 aromatic carbocycles. The van der Waals surface area contributed by atoms with Crippen LogP contribution in [0, 0.1) is 6.92 Å².